The summed E-state index contributed by atoms with van der Waals surface area (Å²) in [7, 11) is 0. The maximum absolute atomic E-state index is 9.18. The number of nitrogens with zero attached hydrogens (tertiary/aromatic N) is 2. The number of hydrogen-bond donors (Lipinski definition) is 3. The fraction of sp³-hybridized carbons (Fsp3) is 0.250. The lowest BCUT2D eigenvalue weighted by molar-refractivity contribution is 0.267. The average molecular weight is 384 g/mol. The monoisotopic (exact) mass is 384 g/mol. The number of hydrogen-bond acceptors (Lipinski definition) is 4. The third-order valence-electron chi connectivity index (χ3n) is 5.79. The maximum Gasteiger partial charge on any atom is 0.139 e. The van der Waals surface area contributed by atoms with E-state index in [9.17, 15) is 5.11 Å². The molecule has 4 aromatic rings. The zero-order valence-corrected chi connectivity index (χ0v) is 16.9. The summed E-state index contributed by atoms with van der Waals surface area (Å²) >= 11 is 0. The summed E-state index contributed by atoms with van der Waals surface area (Å²) in [6.45, 7) is 6.97. The minimum Gasteiger partial charge on any atom is -0.395 e. The molecule has 0 unspecified atom stereocenters. The standard InChI is InChI=1S/C24H24N4O/c1-14-5-4-6-20(27-14)21-12-18-16-8-7-15(24(2,3)26-9-10-29)11-17(16)19-13-25-23(28-21)22(18)19/h4-8,11-13,26,29H,9-10H2,1-3H3,(H,25,28). The van der Waals surface area contributed by atoms with Gasteiger partial charge in [-0.15, -0.1) is 0 Å². The van der Waals surface area contributed by atoms with E-state index in [1.165, 1.54) is 33.2 Å². The summed E-state index contributed by atoms with van der Waals surface area (Å²) in [5.41, 5.74) is 9.46. The normalized spacial score (nSPS) is 12.6. The Hall–Kier alpha value is -3.02. The number of aromatic nitrogens is 3. The predicted molar refractivity (Wildman–Crippen MR) is 117 cm³/mol. The van der Waals surface area contributed by atoms with E-state index in [-0.39, 0.29) is 12.1 Å². The van der Waals surface area contributed by atoms with Gasteiger partial charge in [0.15, 0.2) is 0 Å². The molecule has 5 rings (SSSR count). The molecule has 0 aliphatic heterocycles. The molecule has 1 aromatic carbocycles. The Balaban J connectivity index is 1.65. The molecule has 5 nitrogen and oxygen atoms in total. The Morgan fingerprint density at radius 3 is 2.62 bits per heavy atom. The van der Waals surface area contributed by atoms with Crippen molar-refractivity contribution < 1.29 is 5.11 Å². The number of aliphatic hydroxyl groups is 1. The lowest BCUT2D eigenvalue weighted by Crippen LogP contribution is -2.38. The van der Waals surface area contributed by atoms with E-state index in [0.29, 0.717) is 6.54 Å². The molecule has 0 bridgehead atoms. The van der Waals surface area contributed by atoms with Crippen LogP contribution < -0.4 is 5.32 Å². The highest BCUT2D eigenvalue weighted by Crippen LogP contribution is 2.48. The molecule has 0 atom stereocenters. The van der Waals surface area contributed by atoms with Gasteiger partial charge in [0.2, 0.25) is 0 Å². The van der Waals surface area contributed by atoms with Gasteiger partial charge in [0.05, 0.1) is 18.0 Å². The van der Waals surface area contributed by atoms with Gasteiger partial charge in [-0.25, -0.2) is 4.98 Å². The van der Waals surface area contributed by atoms with Crippen LogP contribution in [0.2, 0.25) is 0 Å². The summed E-state index contributed by atoms with van der Waals surface area (Å²) < 4.78 is 0. The summed E-state index contributed by atoms with van der Waals surface area (Å²) in [6.07, 6.45) is 2.05. The van der Waals surface area contributed by atoms with Crippen LogP contribution in [-0.4, -0.2) is 33.2 Å². The molecule has 0 saturated heterocycles. The Labute approximate surface area is 169 Å². The van der Waals surface area contributed by atoms with E-state index in [1.54, 1.807) is 0 Å². The highest BCUT2D eigenvalue weighted by atomic mass is 16.3. The summed E-state index contributed by atoms with van der Waals surface area (Å²) in [5.74, 6) is 0. The lowest BCUT2D eigenvalue weighted by Gasteiger charge is -2.27. The van der Waals surface area contributed by atoms with E-state index in [2.05, 4.69) is 59.6 Å². The second-order valence-electron chi connectivity index (χ2n) is 8.18. The molecule has 1 aliphatic rings. The minimum absolute atomic E-state index is 0.125. The van der Waals surface area contributed by atoms with E-state index < -0.39 is 0 Å². The lowest BCUT2D eigenvalue weighted by atomic mass is 9.90. The molecule has 0 fully saturated rings. The van der Waals surface area contributed by atoms with Crippen molar-refractivity contribution >= 4 is 11.0 Å². The molecule has 3 heterocycles. The van der Waals surface area contributed by atoms with Crippen molar-refractivity contribution in [1.29, 1.82) is 0 Å². The van der Waals surface area contributed by atoms with Gasteiger partial charge >= 0.3 is 0 Å². The SMILES string of the molecule is Cc1cccc(-c2cc3c4c(c[nH]c4n2)-c2cc(C(C)(C)NCCO)ccc2-3)n1. The molecule has 1 aliphatic carbocycles. The number of fused-ring (bicyclic) bond motifs is 3. The summed E-state index contributed by atoms with van der Waals surface area (Å²) in [4.78, 5) is 12.8. The molecule has 0 spiro atoms. The van der Waals surface area contributed by atoms with Crippen LogP contribution in [0.15, 0.2) is 48.7 Å². The van der Waals surface area contributed by atoms with Crippen molar-refractivity contribution in [2.24, 2.45) is 0 Å². The maximum atomic E-state index is 9.18. The van der Waals surface area contributed by atoms with Crippen LogP contribution in [0.4, 0.5) is 0 Å². The Morgan fingerprint density at radius 2 is 1.83 bits per heavy atom. The zero-order valence-electron chi connectivity index (χ0n) is 16.9. The van der Waals surface area contributed by atoms with Crippen LogP contribution in [0.5, 0.6) is 0 Å². The van der Waals surface area contributed by atoms with Crippen molar-refractivity contribution in [3.63, 3.8) is 0 Å². The zero-order chi connectivity index (χ0) is 20.2. The molecular formula is C24H24N4O. The number of pyridine rings is 2. The first-order chi connectivity index (χ1) is 14.0. The number of aliphatic hydroxyl groups excluding tert-OH is 1. The first kappa shape index (κ1) is 18.0. The van der Waals surface area contributed by atoms with Crippen LogP contribution in [0.25, 0.3) is 44.7 Å². The van der Waals surface area contributed by atoms with Gasteiger partial charge < -0.3 is 15.4 Å². The molecule has 29 heavy (non-hydrogen) atoms. The van der Waals surface area contributed by atoms with Gasteiger partial charge in [-0.3, -0.25) is 4.98 Å². The molecule has 3 N–H and O–H groups in total. The summed E-state index contributed by atoms with van der Waals surface area (Å²) in [6, 6.07) is 14.8. The molecule has 146 valence electrons. The van der Waals surface area contributed by atoms with Crippen molar-refractivity contribution in [1.82, 2.24) is 20.3 Å². The van der Waals surface area contributed by atoms with Crippen molar-refractivity contribution in [3.8, 4) is 33.6 Å². The molecular weight excluding hydrogens is 360 g/mol. The molecule has 0 radical (unpaired) electrons. The van der Waals surface area contributed by atoms with Gasteiger partial charge in [-0.05, 0) is 67.3 Å². The van der Waals surface area contributed by atoms with Crippen LogP contribution in [0, 0.1) is 6.92 Å². The van der Waals surface area contributed by atoms with Crippen LogP contribution in [0.1, 0.15) is 25.1 Å². The first-order valence-electron chi connectivity index (χ1n) is 9.95. The number of nitrogens with one attached hydrogen (secondary N) is 2. The number of H-pyrrole nitrogens is 1. The predicted octanol–water partition coefficient (Wildman–Crippen LogP) is 4.40. The Kier molecular flexibility index (Phi) is 4.05. The average Bonchev–Trinajstić information content (AvgIpc) is 3.28. The van der Waals surface area contributed by atoms with Gasteiger partial charge in [-0.1, -0.05) is 18.2 Å². The molecule has 0 amide bonds. The Bertz CT molecular complexity index is 1240. The van der Waals surface area contributed by atoms with Gasteiger partial charge in [-0.2, -0.15) is 0 Å². The number of aromatic amines is 1. The molecule has 3 aromatic heterocycles. The highest BCUT2D eigenvalue weighted by molar-refractivity contribution is 6.14. The molecule has 5 heteroatoms. The van der Waals surface area contributed by atoms with Gasteiger partial charge in [0, 0.05) is 34.9 Å². The van der Waals surface area contributed by atoms with Crippen molar-refractivity contribution in [2.45, 2.75) is 26.3 Å². The smallest absolute Gasteiger partial charge is 0.139 e. The summed E-state index contributed by atoms with van der Waals surface area (Å²) in [5, 5.41) is 13.8. The number of aryl methyl sites for hydroxylation is 1. The third kappa shape index (κ3) is 2.85. The second-order valence-corrected chi connectivity index (χ2v) is 8.18. The largest absolute Gasteiger partial charge is 0.395 e. The van der Waals surface area contributed by atoms with Crippen molar-refractivity contribution in [3.05, 3.63) is 59.9 Å². The minimum atomic E-state index is -0.225. The van der Waals surface area contributed by atoms with Gasteiger partial charge in [0.1, 0.15) is 5.65 Å². The fourth-order valence-electron chi connectivity index (χ4n) is 4.24. The highest BCUT2D eigenvalue weighted by Gasteiger charge is 2.27. The van der Waals surface area contributed by atoms with Crippen molar-refractivity contribution in [2.75, 3.05) is 13.2 Å². The van der Waals surface area contributed by atoms with E-state index in [1.807, 2.05) is 25.1 Å². The van der Waals surface area contributed by atoms with Crippen LogP contribution in [-0.2, 0) is 5.54 Å². The van der Waals surface area contributed by atoms with Gasteiger partial charge in [0.25, 0.3) is 0 Å². The van der Waals surface area contributed by atoms with E-state index in [4.69, 9.17) is 4.98 Å². The number of rotatable bonds is 5. The van der Waals surface area contributed by atoms with Crippen LogP contribution in [0.3, 0.4) is 0 Å². The van der Waals surface area contributed by atoms with Crippen LogP contribution >= 0.6 is 0 Å². The number of benzene rings is 1. The van der Waals surface area contributed by atoms with E-state index in [0.717, 1.165) is 22.7 Å². The first-order valence-corrected chi connectivity index (χ1v) is 9.95. The molecule has 0 saturated carbocycles. The van der Waals surface area contributed by atoms with E-state index >= 15 is 0 Å². The topological polar surface area (TPSA) is 73.8 Å². The quantitative estimate of drug-likeness (QED) is 0.420. The Morgan fingerprint density at radius 1 is 0.966 bits per heavy atom. The third-order valence-corrected chi connectivity index (χ3v) is 5.79. The second kappa shape index (κ2) is 6.51. The fourth-order valence-corrected chi connectivity index (χ4v) is 4.24.